The van der Waals surface area contributed by atoms with E-state index < -0.39 is 0 Å². The normalized spacial score (nSPS) is 33.9. The summed E-state index contributed by atoms with van der Waals surface area (Å²) in [6.45, 7) is 0. The summed E-state index contributed by atoms with van der Waals surface area (Å²) in [7, 11) is 0. The predicted octanol–water partition coefficient (Wildman–Crippen LogP) is -1.03. The van der Waals surface area contributed by atoms with Crippen molar-refractivity contribution in [2.24, 2.45) is 20.7 Å². The minimum absolute atomic E-state index is 0.0972. The number of nitrogens with two attached hydrogens (primary N) is 1. The molecule has 0 fully saturated rings. The first-order valence-corrected chi connectivity index (χ1v) is 3.60. The fourth-order valence-electron chi connectivity index (χ4n) is 1.05. The lowest BCUT2D eigenvalue weighted by molar-refractivity contribution is 0.631. The summed E-state index contributed by atoms with van der Waals surface area (Å²) in [6, 6.07) is -0.133. The van der Waals surface area contributed by atoms with E-state index in [-0.39, 0.29) is 12.2 Å². The molecule has 5 nitrogen and oxygen atoms in total. The molecule has 2 aliphatic rings. The van der Waals surface area contributed by atoms with Gasteiger partial charge in [-0.15, -0.1) is 12.6 Å². The van der Waals surface area contributed by atoms with Crippen molar-refractivity contribution in [3.63, 3.8) is 0 Å². The van der Waals surface area contributed by atoms with E-state index in [1.807, 2.05) is 0 Å². The molecule has 0 spiro atoms. The van der Waals surface area contributed by atoms with Crippen molar-refractivity contribution in [1.82, 2.24) is 5.32 Å². The minimum atomic E-state index is -0.133. The maximum Gasteiger partial charge on any atom is 0.183 e. The van der Waals surface area contributed by atoms with E-state index in [4.69, 9.17) is 5.73 Å². The molecule has 6 heteroatoms. The molecule has 3 N–H and O–H groups in total. The first kappa shape index (κ1) is 6.66. The molecule has 0 saturated carbocycles. The molecule has 58 valence electrons. The van der Waals surface area contributed by atoms with E-state index in [9.17, 15) is 0 Å². The van der Waals surface area contributed by atoms with E-state index in [1.165, 1.54) is 0 Å². The average molecular weight is 169 g/mol. The highest BCUT2D eigenvalue weighted by molar-refractivity contribution is 7.97. The monoisotopic (exact) mass is 169 g/mol. The summed E-state index contributed by atoms with van der Waals surface area (Å²) >= 11 is 3.99. The van der Waals surface area contributed by atoms with Crippen LogP contribution in [-0.4, -0.2) is 29.5 Å². The van der Waals surface area contributed by atoms with E-state index in [0.717, 1.165) is 0 Å². The third kappa shape index (κ3) is 0.988. The average Bonchev–Trinajstić information content (AvgIpc) is 2.34. The number of nitrogens with zero attached hydrogens (tertiary/aromatic N) is 3. The van der Waals surface area contributed by atoms with E-state index >= 15 is 0 Å². The molecule has 0 radical (unpaired) electrons. The SMILES string of the molecule is NC1=NC(S)=NC2NC=NC12. The highest BCUT2D eigenvalue weighted by Gasteiger charge is 2.29. The Kier molecular flexibility index (Phi) is 1.35. The molecule has 0 amide bonds. The van der Waals surface area contributed by atoms with Gasteiger partial charge in [0.2, 0.25) is 0 Å². The van der Waals surface area contributed by atoms with Crippen LogP contribution in [0.25, 0.3) is 0 Å². The maximum atomic E-state index is 5.58. The van der Waals surface area contributed by atoms with Crippen molar-refractivity contribution < 1.29 is 0 Å². The van der Waals surface area contributed by atoms with Crippen LogP contribution in [0.5, 0.6) is 0 Å². The van der Waals surface area contributed by atoms with Crippen molar-refractivity contribution in [3.05, 3.63) is 0 Å². The topological polar surface area (TPSA) is 75.1 Å². The van der Waals surface area contributed by atoms with Crippen LogP contribution in [-0.2, 0) is 0 Å². The van der Waals surface area contributed by atoms with E-state index in [1.54, 1.807) is 6.34 Å². The lowest BCUT2D eigenvalue weighted by Gasteiger charge is -2.17. The van der Waals surface area contributed by atoms with Gasteiger partial charge in [0.15, 0.2) is 11.3 Å². The number of thiol groups is 1. The molecule has 0 bridgehead atoms. The van der Waals surface area contributed by atoms with Gasteiger partial charge >= 0.3 is 0 Å². The summed E-state index contributed by atoms with van der Waals surface area (Å²) in [5.74, 6) is 0.469. The molecule has 2 atom stereocenters. The molecule has 0 aromatic rings. The number of hydrogen-bond acceptors (Lipinski definition) is 5. The largest absolute Gasteiger partial charge is 0.385 e. The van der Waals surface area contributed by atoms with Crippen LogP contribution in [0.4, 0.5) is 0 Å². The van der Waals surface area contributed by atoms with Crippen molar-refractivity contribution in [2.45, 2.75) is 12.2 Å². The van der Waals surface area contributed by atoms with Crippen LogP contribution in [0.3, 0.4) is 0 Å². The third-order valence-corrected chi connectivity index (χ3v) is 1.78. The van der Waals surface area contributed by atoms with Gasteiger partial charge in [-0.1, -0.05) is 0 Å². The quantitative estimate of drug-likeness (QED) is 0.405. The van der Waals surface area contributed by atoms with Gasteiger partial charge < -0.3 is 11.1 Å². The Morgan fingerprint density at radius 3 is 3.27 bits per heavy atom. The zero-order valence-electron chi connectivity index (χ0n) is 5.60. The number of rotatable bonds is 0. The predicted molar refractivity (Wildman–Crippen MR) is 47.2 cm³/mol. The molecule has 2 heterocycles. The summed E-state index contributed by atoms with van der Waals surface area (Å²) < 4.78 is 0. The number of amidine groups is 2. The Bertz CT molecular complexity index is 268. The third-order valence-electron chi connectivity index (χ3n) is 1.57. The number of aliphatic imine (C=N–C) groups is 3. The van der Waals surface area contributed by atoms with Crippen molar-refractivity contribution >= 4 is 30.0 Å². The second-order valence-corrected chi connectivity index (χ2v) is 2.70. The number of hydrogen-bond donors (Lipinski definition) is 3. The lowest BCUT2D eigenvalue weighted by Crippen LogP contribution is -2.42. The fraction of sp³-hybridized carbons (Fsp3) is 0.400. The molecule has 2 unspecified atom stereocenters. The van der Waals surface area contributed by atoms with Crippen molar-refractivity contribution in [3.8, 4) is 0 Å². The van der Waals surface area contributed by atoms with Gasteiger partial charge in [0.1, 0.15) is 11.9 Å². The minimum Gasteiger partial charge on any atom is -0.385 e. The molecule has 0 aromatic heterocycles. The van der Waals surface area contributed by atoms with E-state index in [0.29, 0.717) is 11.0 Å². The molecule has 2 aliphatic heterocycles. The summed E-state index contributed by atoms with van der Waals surface area (Å²) in [4.78, 5) is 12.0. The molecule has 0 aromatic carbocycles. The van der Waals surface area contributed by atoms with Crippen molar-refractivity contribution in [2.75, 3.05) is 0 Å². The van der Waals surface area contributed by atoms with Gasteiger partial charge in [0.05, 0.1) is 6.34 Å². The standard InChI is InChI=1S/C5H7N5S/c6-3-2-4(8-1-7-2)10-5(11)9-3/h1-2,4H,(H,7,8)(H3,6,9,10,11). The second kappa shape index (κ2) is 2.23. The lowest BCUT2D eigenvalue weighted by atomic mass is 10.2. The molecule has 11 heavy (non-hydrogen) atoms. The Morgan fingerprint density at radius 2 is 2.45 bits per heavy atom. The first-order chi connectivity index (χ1) is 5.27. The van der Waals surface area contributed by atoms with Gasteiger partial charge in [-0.2, -0.15) is 0 Å². The second-order valence-electron chi connectivity index (χ2n) is 2.30. The van der Waals surface area contributed by atoms with Crippen LogP contribution < -0.4 is 11.1 Å². The van der Waals surface area contributed by atoms with Gasteiger partial charge in [-0.05, 0) is 0 Å². The van der Waals surface area contributed by atoms with Gasteiger partial charge in [0.25, 0.3) is 0 Å². The summed E-state index contributed by atoms with van der Waals surface area (Å²) in [5, 5.41) is 3.33. The Morgan fingerprint density at radius 1 is 1.64 bits per heavy atom. The molecule has 0 saturated heterocycles. The van der Waals surface area contributed by atoms with Crippen LogP contribution in [0.15, 0.2) is 15.0 Å². The molecule has 0 aliphatic carbocycles. The van der Waals surface area contributed by atoms with Crippen LogP contribution >= 0.6 is 12.6 Å². The zero-order valence-corrected chi connectivity index (χ0v) is 6.49. The maximum absolute atomic E-state index is 5.58. The smallest absolute Gasteiger partial charge is 0.183 e. The molecular weight excluding hydrogens is 162 g/mol. The highest BCUT2D eigenvalue weighted by Crippen LogP contribution is 2.11. The Balaban J connectivity index is 2.33. The summed E-state index contributed by atoms with van der Waals surface area (Å²) in [5.41, 5.74) is 5.58. The Hall–Kier alpha value is -1.04. The molecular formula is C5H7N5S. The first-order valence-electron chi connectivity index (χ1n) is 3.16. The van der Waals surface area contributed by atoms with Crippen LogP contribution in [0.2, 0.25) is 0 Å². The number of nitrogens with one attached hydrogen (secondary N) is 1. The highest BCUT2D eigenvalue weighted by atomic mass is 32.1. The number of fused-ring (bicyclic) bond motifs is 1. The van der Waals surface area contributed by atoms with Gasteiger partial charge in [0, 0.05) is 0 Å². The fourth-order valence-corrected chi connectivity index (χ4v) is 1.29. The Labute approximate surface area is 68.9 Å². The van der Waals surface area contributed by atoms with Crippen LogP contribution in [0.1, 0.15) is 0 Å². The van der Waals surface area contributed by atoms with Crippen LogP contribution in [0, 0.1) is 0 Å². The van der Waals surface area contributed by atoms with Crippen molar-refractivity contribution in [1.29, 1.82) is 0 Å². The van der Waals surface area contributed by atoms with E-state index in [2.05, 4.69) is 32.9 Å². The zero-order chi connectivity index (χ0) is 7.84. The summed E-state index contributed by atoms with van der Waals surface area (Å²) in [6.07, 6.45) is 1.49. The molecule has 2 rings (SSSR count). The van der Waals surface area contributed by atoms with Gasteiger partial charge in [-0.25, -0.2) is 9.98 Å². The van der Waals surface area contributed by atoms with Gasteiger partial charge in [-0.3, -0.25) is 4.99 Å².